The molecule has 2 heterocycles. The Morgan fingerprint density at radius 1 is 1.24 bits per heavy atom. The fourth-order valence-electron chi connectivity index (χ4n) is 2.01. The van der Waals surface area contributed by atoms with Crippen molar-refractivity contribution in [3.8, 4) is 0 Å². The van der Waals surface area contributed by atoms with Crippen LogP contribution in [-0.4, -0.2) is 23.3 Å². The molecule has 1 aromatic heterocycles. The van der Waals surface area contributed by atoms with Crippen molar-refractivity contribution in [3.63, 3.8) is 0 Å². The van der Waals surface area contributed by atoms with Gasteiger partial charge in [0.15, 0.2) is 5.69 Å². The summed E-state index contributed by atoms with van der Waals surface area (Å²) in [5.74, 6) is 0.137. The lowest BCUT2D eigenvalue weighted by Gasteiger charge is -2.23. The Hall–Kier alpha value is -1.37. The number of rotatable bonds is 1. The number of nitrogens with zero attached hydrogens (tertiary/aromatic N) is 2. The fourth-order valence-corrected chi connectivity index (χ4v) is 2.01. The lowest BCUT2D eigenvalue weighted by atomic mass is 9.90. The van der Waals surface area contributed by atoms with Crippen LogP contribution in [0.4, 0.5) is 19.0 Å². The van der Waals surface area contributed by atoms with Crippen molar-refractivity contribution in [2.75, 3.05) is 18.8 Å². The van der Waals surface area contributed by atoms with Crippen LogP contribution in [0.5, 0.6) is 0 Å². The molecule has 94 valence electrons. The van der Waals surface area contributed by atoms with Gasteiger partial charge < -0.3 is 11.1 Å². The van der Waals surface area contributed by atoms with Gasteiger partial charge in [0.2, 0.25) is 0 Å². The summed E-state index contributed by atoms with van der Waals surface area (Å²) < 4.78 is 37.5. The molecule has 0 saturated carbocycles. The average Bonchev–Trinajstić information content (AvgIpc) is 2.29. The van der Waals surface area contributed by atoms with E-state index < -0.39 is 11.9 Å². The Kier molecular flexibility index (Phi) is 3.19. The second kappa shape index (κ2) is 4.48. The molecule has 7 heteroatoms. The van der Waals surface area contributed by atoms with E-state index in [0.717, 1.165) is 32.0 Å². The Morgan fingerprint density at radius 3 is 2.47 bits per heavy atom. The molecule has 2 rings (SSSR count). The second-order valence-corrected chi connectivity index (χ2v) is 4.09. The van der Waals surface area contributed by atoms with E-state index >= 15 is 0 Å². The molecule has 1 aromatic rings. The number of piperidine rings is 1. The number of halogens is 3. The fraction of sp³-hybridized carbons (Fsp3) is 0.600. The molecule has 1 fully saturated rings. The number of nitrogens with one attached hydrogen (secondary N) is 1. The van der Waals surface area contributed by atoms with Gasteiger partial charge in [0, 0.05) is 5.56 Å². The van der Waals surface area contributed by atoms with Gasteiger partial charge in [0.25, 0.3) is 0 Å². The molecule has 0 unspecified atom stereocenters. The van der Waals surface area contributed by atoms with E-state index in [1.54, 1.807) is 0 Å². The van der Waals surface area contributed by atoms with E-state index in [0.29, 0.717) is 5.56 Å². The van der Waals surface area contributed by atoms with Gasteiger partial charge in [-0.1, -0.05) is 0 Å². The summed E-state index contributed by atoms with van der Waals surface area (Å²) in [6.45, 7) is 1.57. The van der Waals surface area contributed by atoms with Gasteiger partial charge in [0.1, 0.15) is 5.82 Å². The first-order valence-corrected chi connectivity index (χ1v) is 5.39. The van der Waals surface area contributed by atoms with Crippen LogP contribution in [0.25, 0.3) is 0 Å². The highest BCUT2D eigenvalue weighted by atomic mass is 19.4. The van der Waals surface area contributed by atoms with E-state index in [4.69, 9.17) is 5.73 Å². The predicted octanol–water partition coefficient (Wildman–Crippen LogP) is 1.54. The number of aromatic nitrogens is 2. The van der Waals surface area contributed by atoms with Crippen LogP contribution in [0.3, 0.4) is 0 Å². The molecule has 0 spiro atoms. The molecule has 1 aliphatic rings. The van der Waals surface area contributed by atoms with Crippen molar-refractivity contribution < 1.29 is 13.2 Å². The zero-order chi connectivity index (χ0) is 12.5. The van der Waals surface area contributed by atoms with E-state index in [-0.39, 0.29) is 11.7 Å². The molecule has 0 radical (unpaired) electrons. The maximum Gasteiger partial charge on any atom is 0.435 e. The van der Waals surface area contributed by atoms with E-state index in [2.05, 4.69) is 15.5 Å². The summed E-state index contributed by atoms with van der Waals surface area (Å²) in [4.78, 5) is 0. The smallest absolute Gasteiger partial charge is 0.382 e. The lowest BCUT2D eigenvalue weighted by molar-refractivity contribution is -0.141. The lowest BCUT2D eigenvalue weighted by Crippen LogP contribution is -2.27. The zero-order valence-electron chi connectivity index (χ0n) is 9.09. The van der Waals surface area contributed by atoms with Crippen molar-refractivity contribution in [2.45, 2.75) is 24.9 Å². The van der Waals surface area contributed by atoms with Gasteiger partial charge in [-0.05, 0) is 37.9 Å². The van der Waals surface area contributed by atoms with Crippen LogP contribution in [-0.2, 0) is 6.18 Å². The number of hydrogen-bond acceptors (Lipinski definition) is 4. The first-order valence-electron chi connectivity index (χ1n) is 5.39. The minimum Gasteiger partial charge on any atom is -0.382 e. The highest BCUT2D eigenvalue weighted by Gasteiger charge is 2.34. The number of nitrogen functional groups attached to an aromatic ring is 1. The van der Waals surface area contributed by atoms with E-state index in [9.17, 15) is 13.2 Å². The van der Waals surface area contributed by atoms with E-state index in [1.807, 2.05) is 0 Å². The Morgan fingerprint density at radius 2 is 1.88 bits per heavy atom. The molecular weight excluding hydrogens is 233 g/mol. The van der Waals surface area contributed by atoms with Crippen molar-refractivity contribution >= 4 is 5.82 Å². The molecule has 3 N–H and O–H groups in total. The van der Waals surface area contributed by atoms with Crippen LogP contribution < -0.4 is 11.1 Å². The summed E-state index contributed by atoms with van der Waals surface area (Å²) in [6.07, 6.45) is -2.93. The Balaban J connectivity index is 2.31. The third-order valence-corrected chi connectivity index (χ3v) is 2.92. The largest absolute Gasteiger partial charge is 0.435 e. The van der Waals surface area contributed by atoms with Crippen LogP contribution in [0.15, 0.2) is 6.07 Å². The molecule has 1 saturated heterocycles. The minimum absolute atomic E-state index is 0.0350. The van der Waals surface area contributed by atoms with Crippen molar-refractivity contribution in [1.29, 1.82) is 0 Å². The molecule has 0 bridgehead atoms. The van der Waals surface area contributed by atoms with Gasteiger partial charge in [-0.3, -0.25) is 0 Å². The highest BCUT2D eigenvalue weighted by Crippen LogP contribution is 2.33. The summed E-state index contributed by atoms with van der Waals surface area (Å²) in [6, 6.07) is 1.03. The second-order valence-electron chi connectivity index (χ2n) is 4.09. The summed E-state index contributed by atoms with van der Waals surface area (Å²) in [5, 5.41) is 9.65. The van der Waals surface area contributed by atoms with Crippen LogP contribution >= 0.6 is 0 Å². The summed E-state index contributed by atoms with van der Waals surface area (Å²) in [7, 11) is 0. The Labute approximate surface area is 96.4 Å². The van der Waals surface area contributed by atoms with Gasteiger partial charge in [0.05, 0.1) is 0 Å². The normalized spacial score (nSPS) is 18.3. The summed E-state index contributed by atoms with van der Waals surface area (Å²) in [5.41, 5.74) is 5.10. The number of alkyl halides is 3. The average molecular weight is 246 g/mol. The topological polar surface area (TPSA) is 63.8 Å². The molecule has 0 amide bonds. The number of hydrogen-bond donors (Lipinski definition) is 2. The van der Waals surface area contributed by atoms with Gasteiger partial charge in [-0.25, -0.2) is 0 Å². The third kappa shape index (κ3) is 2.66. The predicted molar refractivity (Wildman–Crippen MR) is 56.3 cm³/mol. The molecule has 4 nitrogen and oxygen atoms in total. The van der Waals surface area contributed by atoms with Crippen molar-refractivity contribution in [1.82, 2.24) is 15.5 Å². The molecule has 1 aliphatic heterocycles. The number of anilines is 1. The Bertz CT molecular complexity index is 399. The third-order valence-electron chi connectivity index (χ3n) is 2.92. The van der Waals surface area contributed by atoms with Gasteiger partial charge in [-0.2, -0.15) is 13.2 Å². The maximum atomic E-state index is 12.5. The molecular formula is C10H13F3N4. The van der Waals surface area contributed by atoms with Gasteiger partial charge >= 0.3 is 6.18 Å². The number of nitrogens with two attached hydrogens (primary N) is 1. The molecule has 17 heavy (non-hydrogen) atoms. The maximum absolute atomic E-state index is 12.5. The minimum atomic E-state index is -4.47. The zero-order valence-corrected chi connectivity index (χ0v) is 9.09. The first kappa shape index (κ1) is 12.1. The summed E-state index contributed by atoms with van der Waals surface area (Å²) >= 11 is 0. The molecule has 0 atom stereocenters. The van der Waals surface area contributed by atoms with Crippen molar-refractivity contribution in [2.24, 2.45) is 0 Å². The molecule has 0 aromatic carbocycles. The van der Waals surface area contributed by atoms with Crippen molar-refractivity contribution in [3.05, 3.63) is 17.3 Å². The molecule has 0 aliphatic carbocycles. The van der Waals surface area contributed by atoms with E-state index in [1.165, 1.54) is 0 Å². The van der Waals surface area contributed by atoms with Crippen LogP contribution in [0, 0.1) is 0 Å². The quantitative estimate of drug-likeness (QED) is 0.789. The standard InChI is InChI=1S/C10H13F3N4/c11-10(12,13)8-5-7(9(14)17-16-8)6-1-3-15-4-2-6/h5-6,15H,1-4H2,(H2,14,17). The first-order chi connectivity index (χ1) is 7.98. The monoisotopic (exact) mass is 246 g/mol. The van der Waals surface area contributed by atoms with Crippen LogP contribution in [0.2, 0.25) is 0 Å². The van der Waals surface area contributed by atoms with Crippen LogP contribution in [0.1, 0.15) is 30.0 Å². The van der Waals surface area contributed by atoms with Gasteiger partial charge in [-0.15, -0.1) is 10.2 Å². The highest BCUT2D eigenvalue weighted by molar-refractivity contribution is 5.42. The SMILES string of the molecule is Nc1nnc(C(F)(F)F)cc1C1CCNCC1.